The summed E-state index contributed by atoms with van der Waals surface area (Å²) < 4.78 is 0. The Morgan fingerprint density at radius 2 is 1.25 bits per heavy atom. The monoisotopic (exact) mass is 558 g/mol. The van der Waals surface area contributed by atoms with E-state index in [0.717, 1.165) is 30.3 Å². The summed E-state index contributed by atoms with van der Waals surface area (Å²) in [4.78, 5) is 67.4. The van der Waals surface area contributed by atoms with Gasteiger partial charge in [0.1, 0.15) is 11.1 Å². The van der Waals surface area contributed by atoms with Crippen molar-refractivity contribution in [1.29, 1.82) is 0 Å². The fourth-order valence-electron chi connectivity index (χ4n) is 5.48. The van der Waals surface area contributed by atoms with Crippen LogP contribution < -0.4 is 10.6 Å². The van der Waals surface area contributed by atoms with E-state index in [9.17, 15) is 50.0 Å². The molecule has 0 saturated heterocycles. The lowest BCUT2D eigenvalue weighted by Crippen LogP contribution is -2.50. The van der Waals surface area contributed by atoms with Crippen molar-refractivity contribution in [1.82, 2.24) is 10.6 Å². The maximum absolute atomic E-state index is 13.0. The molecular weight excluding hydrogens is 532 g/mol. The number of nitro groups is 4. The molecule has 16 heteroatoms. The number of amides is 2. The molecule has 1 aliphatic rings. The predicted octanol–water partition coefficient (Wildman–Crippen LogP) is 4.06. The van der Waals surface area contributed by atoms with Crippen LogP contribution in [0.3, 0.4) is 0 Å². The molecule has 0 unspecified atom stereocenters. The molecule has 40 heavy (non-hydrogen) atoms. The van der Waals surface area contributed by atoms with E-state index in [1.165, 1.54) is 0 Å². The highest BCUT2D eigenvalue weighted by Crippen LogP contribution is 2.46. The summed E-state index contributed by atoms with van der Waals surface area (Å²) in [6, 6.07) is 4.98. The quantitative estimate of drug-likeness (QED) is 0.331. The third-order valence-electron chi connectivity index (χ3n) is 6.72. The Labute approximate surface area is 226 Å². The molecule has 1 fully saturated rings. The Hall–Kier alpha value is -5.02. The van der Waals surface area contributed by atoms with Crippen LogP contribution in [0.15, 0.2) is 36.4 Å². The predicted molar refractivity (Wildman–Crippen MR) is 139 cm³/mol. The lowest BCUT2D eigenvalue weighted by molar-refractivity contribution is -0.394. The minimum Gasteiger partial charge on any atom is -0.351 e. The Bertz CT molecular complexity index is 1420. The van der Waals surface area contributed by atoms with Gasteiger partial charge in [-0.3, -0.25) is 50.0 Å². The van der Waals surface area contributed by atoms with Gasteiger partial charge in [-0.2, -0.15) is 0 Å². The van der Waals surface area contributed by atoms with Crippen LogP contribution in [0.25, 0.3) is 0 Å². The molecule has 2 atom stereocenters. The zero-order valence-electron chi connectivity index (χ0n) is 21.7. The summed E-state index contributed by atoms with van der Waals surface area (Å²) in [6.45, 7) is 5.79. The molecule has 0 aliphatic heterocycles. The molecule has 0 bridgehead atoms. The number of nitrogens with zero attached hydrogens (tertiary/aromatic N) is 4. The van der Waals surface area contributed by atoms with Gasteiger partial charge in [-0.05, 0) is 42.2 Å². The Morgan fingerprint density at radius 1 is 0.775 bits per heavy atom. The van der Waals surface area contributed by atoms with Gasteiger partial charge in [0.05, 0.1) is 31.8 Å². The van der Waals surface area contributed by atoms with Crippen LogP contribution in [0.2, 0.25) is 0 Å². The van der Waals surface area contributed by atoms with Crippen molar-refractivity contribution in [2.75, 3.05) is 6.54 Å². The maximum atomic E-state index is 13.0. The van der Waals surface area contributed by atoms with Gasteiger partial charge in [0, 0.05) is 24.7 Å². The summed E-state index contributed by atoms with van der Waals surface area (Å²) in [5.74, 6) is -1.58. The number of nitro benzene ring substituents is 4. The number of carbonyl (C=O) groups is 2. The molecule has 212 valence electrons. The van der Waals surface area contributed by atoms with Crippen molar-refractivity contribution in [2.45, 2.75) is 46.1 Å². The molecule has 1 aliphatic carbocycles. The standard InChI is InChI=1S/C24H26N6O10/c1-23(2)10-14(26-22(32)18-7-5-16(28(35)36)9-20(18)30(39)40)11-24(3,12-23)13-25-21(31)17-6-4-15(27(33)34)8-19(17)29(37)38/h4-9,14H,10-13H2,1-3H3,(H,25,31)(H,26,32)/t14-,24-/m0/s1. The number of benzene rings is 2. The van der Waals surface area contributed by atoms with Crippen molar-refractivity contribution in [3.05, 3.63) is 88.0 Å². The number of hydrogen-bond acceptors (Lipinski definition) is 10. The van der Waals surface area contributed by atoms with Gasteiger partial charge in [-0.15, -0.1) is 0 Å². The van der Waals surface area contributed by atoms with Crippen LogP contribution in [-0.2, 0) is 0 Å². The van der Waals surface area contributed by atoms with E-state index in [4.69, 9.17) is 0 Å². The van der Waals surface area contributed by atoms with E-state index in [1.807, 2.05) is 20.8 Å². The summed E-state index contributed by atoms with van der Waals surface area (Å²) in [5, 5.41) is 50.3. The molecule has 2 amide bonds. The molecular formula is C24H26N6O10. The SMILES string of the molecule is CC1(C)C[C@H](NC(=O)c2ccc([N+](=O)[O-])cc2[N+](=O)[O-])C[C@](C)(CNC(=O)c2ccc([N+](=O)[O-])cc2[N+](=O)[O-])C1. The third-order valence-corrected chi connectivity index (χ3v) is 6.72. The molecule has 0 aromatic heterocycles. The van der Waals surface area contributed by atoms with Crippen LogP contribution in [0.4, 0.5) is 22.7 Å². The van der Waals surface area contributed by atoms with Crippen LogP contribution in [0.5, 0.6) is 0 Å². The first-order chi connectivity index (χ1) is 18.5. The molecule has 2 N–H and O–H groups in total. The molecule has 0 spiro atoms. The zero-order chi connectivity index (χ0) is 30.0. The normalized spacial score (nSPS) is 19.7. The number of rotatable bonds is 9. The Morgan fingerprint density at radius 3 is 1.70 bits per heavy atom. The summed E-state index contributed by atoms with van der Waals surface area (Å²) in [5.41, 5.74) is -4.13. The molecule has 0 heterocycles. The topological polar surface area (TPSA) is 231 Å². The molecule has 1 saturated carbocycles. The number of carbonyl (C=O) groups excluding carboxylic acids is 2. The fraction of sp³-hybridized carbons (Fsp3) is 0.417. The van der Waals surface area contributed by atoms with Crippen LogP contribution in [-0.4, -0.2) is 44.1 Å². The van der Waals surface area contributed by atoms with Crippen molar-refractivity contribution < 1.29 is 29.3 Å². The van der Waals surface area contributed by atoms with Crippen molar-refractivity contribution >= 4 is 34.6 Å². The highest BCUT2D eigenvalue weighted by molar-refractivity contribution is 5.99. The summed E-state index contributed by atoms with van der Waals surface area (Å²) in [6.07, 6.45) is 1.43. The average molecular weight is 559 g/mol. The highest BCUT2D eigenvalue weighted by atomic mass is 16.6. The lowest BCUT2D eigenvalue weighted by Gasteiger charge is -2.47. The number of nitrogens with one attached hydrogen (secondary N) is 2. The smallest absolute Gasteiger partial charge is 0.289 e. The van der Waals surface area contributed by atoms with Crippen LogP contribution in [0.1, 0.15) is 60.7 Å². The van der Waals surface area contributed by atoms with Gasteiger partial charge in [-0.1, -0.05) is 20.8 Å². The lowest BCUT2D eigenvalue weighted by atomic mass is 9.62. The van der Waals surface area contributed by atoms with Crippen molar-refractivity contribution in [2.24, 2.45) is 10.8 Å². The first-order valence-corrected chi connectivity index (χ1v) is 12.0. The molecule has 2 aromatic carbocycles. The van der Waals surface area contributed by atoms with E-state index >= 15 is 0 Å². The number of non-ortho nitro benzene ring substituents is 2. The van der Waals surface area contributed by atoms with Gasteiger partial charge in [0.15, 0.2) is 0 Å². The fourth-order valence-corrected chi connectivity index (χ4v) is 5.48. The molecule has 0 radical (unpaired) electrons. The minimum atomic E-state index is -0.879. The Balaban J connectivity index is 1.78. The third kappa shape index (κ3) is 6.69. The summed E-state index contributed by atoms with van der Waals surface area (Å²) in [7, 11) is 0. The van der Waals surface area contributed by atoms with E-state index in [1.54, 1.807) is 0 Å². The maximum Gasteiger partial charge on any atom is 0.289 e. The van der Waals surface area contributed by atoms with Gasteiger partial charge in [-0.25, -0.2) is 0 Å². The van der Waals surface area contributed by atoms with Gasteiger partial charge >= 0.3 is 0 Å². The van der Waals surface area contributed by atoms with Gasteiger partial charge < -0.3 is 10.6 Å². The zero-order valence-corrected chi connectivity index (χ0v) is 21.7. The van der Waals surface area contributed by atoms with Gasteiger partial charge in [0.2, 0.25) is 0 Å². The second-order valence-corrected chi connectivity index (χ2v) is 10.8. The largest absolute Gasteiger partial charge is 0.351 e. The van der Waals surface area contributed by atoms with Crippen molar-refractivity contribution in [3.8, 4) is 0 Å². The van der Waals surface area contributed by atoms with Crippen LogP contribution >= 0.6 is 0 Å². The number of hydrogen-bond donors (Lipinski definition) is 2. The first-order valence-electron chi connectivity index (χ1n) is 12.0. The minimum absolute atomic E-state index is 0.0491. The molecule has 3 rings (SSSR count). The summed E-state index contributed by atoms with van der Waals surface area (Å²) >= 11 is 0. The van der Waals surface area contributed by atoms with E-state index < -0.39 is 65.7 Å². The van der Waals surface area contributed by atoms with E-state index in [0.29, 0.717) is 25.3 Å². The van der Waals surface area contributed by atoms with Gasteiger partial charge in [0.25, 0.3) is 34.6 Å². The highest BCUT2D eigenvalue weighted by Gasteiger charge is 2.42. The van der Waals surface area contributed by atoms with E-state index in [2.05, 4.69) is 10.6 Å². The molecule has 2 aromatic rings. The average Bonchev–Trinajstić information content (AvgIpc) is 2.85. The van der Waals surface area contributed by atoms with Crippen LogP contribution in [0, 0.1) is 51.3 Å². The Kier molecular flexibility index (Phi) is 8.12. The van der Waals surface area contributed by atoms with Crippen molar-refractivity contribution in [3.63, 3.8) is 0 Å². The first kappa shape index (κ1) is 29.5. The molecule has 16 nitrogen and oxygen atoms in total. The second kappa shape index (κ2) is 11.0. The second-order valence-electron chi connectivity index (χ2n) is 10.8. The van der Waals surface area contributed by atoms with E-state index in [-0.39, 0.29) is 23.1 Å².